The number of nitrogens with zero attached hydrogens (tertiary/aromatic N) is 1. The van der Waals surface area contributed by atoms with E-state index in [0.29, 0.717) is 0 Å². The molecule has 1 aromatic rings. The number of likely N-dealkylation sites (N-methyl/N-ethyl adjacent to an activating group) is 1. The first-order chi connectivity index (χ1) is 8.69. The van der Waals surface area contributed by atoms with E-state index in [-0.39, 0.29) is 11.9 Å². The Morgan fingerprint density at radius 1 is 1.33 bits per heavy atom. The predicted octanol–water partition coefficient (Wildman–Crippen LogP) is 2.05. The molecule has 1 N–H and O–H groups in total. The van der Waals surface area contributed by atoms with Gasteiger partial charge in [0.15, 0.2) is 0 Å². The summed E-state index contributed by atoms with van der Waals surface area (Å²) in [6, 6.07) is 6.99. The summed E-state index contributed by atoms with van der Waals surface area (Å²) in [6.07, 6.45) is 0.873. The lowest BCUT2D eigenvalue weighted by Crippen LogP contribution is -2.28. The topological polar surface area (TPSA) is 24.5 Å². The Morgan fingerprint density at radius 3 is 2.67 bits per heavy atom. The highest BCUT2D eigenvalue weighted by Crippen LogP contribution is 2.19. The molecule has 4 heteroatoms. The van der Waals surface area contributed by atoms with Crippen LogP contribution in [0.1, 0.15) is 18.0 Å². The van der Waals surface area contributed by atoms with Gasteiger partial charge in [-0.1, -0.05) is 18.2 Å². The minimum Gasteiger partial charge on any atom is -0.383 e. The first kappa shape index (κ1) is 15.1. The fourth-order valence-electron chi connectivity index (χ4n) is 1.92. The monoisotopic (exact) mass is 254 g/mol. The number of hydrogen-bond acceptors (Lipinski definition) is 3. The molecule has 0 aliphatic rings. The van der Waals surface area contributed by atoms with E-state index < -0.39 is 0 Å². The van der Waals surface area contributed by atoms with Crippen molar-refractivity contribution in [3.05, 3.63) is 35.6 Å². The van der Waals surface area contributed by atoms with Crippen molar-refractivity contribution in [2.45, 2.75) is 12.5 Å². The third-order valence-electron chi connectivity index (χ3n) is 3.11. The van der Waals surface area contributed by atoms with E-state index in [9.17, 15) is 4.39 Å². The Kier molecular flexibility index (Phi) is 6.86. The fourth-order valence-corrected chi connectivity index (χ4v) is 1.92. The van der Waals surface area contributed by atoms with Crippen LogP contribution in [0.3, 0.4) is 0 Å². The maximum absolute atomic E-state index is 13.7. The molecule has 1 aromatic carbocycles. The van der Waals surface area contributed by atoms with Crippen molar-refractivity contribution in [3.8, 4) is 0 Å². The van der Waals surface area contributed by atoms with Crippen molar-refractivity contribution < 1.29 is 9.13 Å². The Bertz CT molecular complexity index is 346. The summed E-state index contributed by atoms with van der Waals surface area (Å²) in [6.45, 7) is 2.52. The van der Waals surface area contributed by atoms with Crippen LogP contribution < -0.4 is 5.32 Å². The van der Waals surface area contributed by atoms with Crippen LogP contribution in [-0.4, -0.2) is 45.8 Å². The van der Waals surface area contributed by atoms with E-state index in [4.69, 9.17) is 4.74 Å². The van der Waals surface area contributed by atoms with Gasteiger partial charge in [0.2, 0.25) is 0 Å². The molecule has 18 heavy (non-hydrogen) atoms. The lowest BCUT2D eigenvalue weighted by atomic mass is 10.0. The van der Waals surface area contributed by atoms with Crippen molar-refractivity contribution in [3.63, 3.8) is 0 Å². The molecule has 1 atom stereocenters. The van der Waals surface area contributed by atoms with Crippen molar-refractivity contribution in [1.82, 2.24) is 10.2 Å². The Balaban J connectivity index is 2.50. The van der Waals surface area contributed by atoms with Crippen LogP contribution in [0.4, 0.5) is 4.39 Å². The molecule has 1 unspecified atom stereocenters. The summed E-state index contributed by atoms with van der Waals surface area (Å²) >= 11 is 0. The number of hydrogen-bond donors (Lipinski definition) is 1. The Labute approximate surface area is 109 Å². The minimum absolute atomic E-state index is 0.0520. The maximum atomic E-state index is 13.7. The molecule has 0 saturated heterocycles. The molecule has 0 aliphatic carbocycles. The highest BCUT2D eigenvalue weighted by atomic mass is 19.1. The molecular weight excluding hydrogens is 231 g/mol. The van der Waals surface area contributed by atoms with Crippen molar-refractivity contribution in [2.75, 3.05) is 40.9 Å². The van der Waals surface area contributed by atoms with Gasteiger partial charge in [-0.15, -0.1) is 0 Å². The average molecular weight is 254 g/mol. The molecule has 0 radical (unpaired) electrons. The van der Waals surface area contributed by atoms with Gasteiger partial charge in [0.1, 0.15) is 5.82 Å². The molecule has 0 aliphatic heterocycles. The molecule has 0 saturated carbocycles. The van der Waals surface area contributed by atoms with E-state index in [1.807, 2.05) is 26.2 Å². The first-order valence-electron chi connectivity index (χ1n) is 6.28. The normalized spacial score (nSPS) is 12.9. The average Bonchev–Trinajstić information content (AvgIpc) is 2.39. The van der Waals surface area contributed by atoms with Crippen LogP contribution >= 0.6 is 0 Å². The van der Waals surface area contributed by atoms with Crippen LogP contribution in [0, 0.1) is 5.82 Å². The quantitative estimate of drug-likeness (QED) is 0.768. The number of halogens is 1. The molecule has 3 nitrogen and oxygen atoms in total. The summed E-state index contributed by atoms with van der Waals surface area (Å²) in [7, 11) is 5.61. The van der Waals surface area contributed by atoms with Crippen LogP contribution in [0.5, 0.6) is 0 Å². The zero-order valence-electron chi connectivity index (χ0n) is 11.4. The second-order valence-electron chi connectivity index (χ2n) is 4.45. The molecule has 0 heterocycles. The third-order valence-corrected chi connectivity index (χ3v) is 3.11. The Morgan fingerprint density at radius 2 is 2.06 bits per heavy atom. The third kappa shape index (κ3) is 4.72. The SMILES string of the molecule is CNC(CCN(C)CCOC)c1ccccc1F. The van der Waals surface area contributed by atoms with Gasteiger partial charge in [-0.25, -0.2) is 4.39 Å². The summed E-state index contributed by atoms with van der Waals surface area (Å²) in [5.41, 5.74) is 0.736. The zero-order valence-corrected chi connectivity index (χ0v) is 11.4. The van der Waals surface area contributed by atoms with Gasteiger partial charge in [-0.3, -0.25) is 0 Å². The van der Waals surface area contributed by atoms with Gasteiger partial charge < -0.3 is 15.0 Å². The van der Waals surface area contributed by atoms with Crippen LogP contribution in [-0.2, 0) is 4.74 Å². The lowest BCUT2D eigenvalue weighted by molar-refractivity contribution is 0.159. The van der Waals surface area contributed by atoms with E-state index in [1.54, 1.807) is 13.2 Å². The smallest absolute Gasteiger partial charge is 0.127 e. The molecule has 0 bridgehead atoms. The maximum Gasteiger partial charge on any atom is 0.127 e. The van der Waals surface area contributed by atoms with Gasteiger partial charge in [0.05, 0.1) is 6.61 Å². The molecule has 0 spiro atoms. The van der Waals surface area contributed by atoms with E-state index in [0.717, 1.165) is 31.7 Å². The zero-order chi connectivity index (χ0) is 13.4. The highest BCUT2D eigenvalue weighted by Gasteiger charge is 2.13. The fraction of sp³-hybridized carbons (Fsp3) is 0.571. The number of nitrogens with one attached hydrogen (secondary N) is 1. The molecule has 0 amide bonds. The van der Waals surface area contributed by atoms with Crippen molar-refractivity contribution in [1.29, 1.82) is 0 Å². The number of benzene rings is 1. The Hall–Kier alpha value is -0.970. The minimum atomic E-state index is -0.142. The highest BCUT2D eigenvalue weighted by molar-refractivity contribution is 5.21. The van der Waals surface area contributed by atoms with Gasteiger partial charge in [0, 0.05) is 25.3 Å². The number of methoxy groups -OCH3 is 1. The predicted molar refractivity (Wildman–Crippen MR) is 72.2 cm³/mol. The van der Waals surface area contributed by atoms with Crippen molar-refractivity contribution >= 4 is 0 Å². The second-order valence-corrected chi connectivity index (χ2v) is 4.45. The second kappa shape index (κ2) is 8.19. The van der Waals surface area contributed by atoms with E-state index >= 15 is 0 Å². The van der Waals surface area contributed by atoms with Crippen LogP contribution in [0.2, 0.25) is 0 Å². The summed E-state index contributed by atoms with van der Waals surface area (Å²) < 4.78 is 18.7. The molecule has 0 aromatic heterocycles. The summed E-state index contributed by atoms with van der Waals surface area (Å²) in [5, 5.41) is 3.17. The standard InChI is InChI=1S/C14H23FN2O/c1-16-14(8-9-17(2)10-11-18-3)12-6-4-5-7-13(12)15/h4-7,14,16H,8-11H2,1-3H3. The summed E-state index contributed by atoms with van der Waals surface area (Å²) in [5.74, 6) is -0.142. The molecule has 1 rings (SSSR count). The van der Waals surface area contributed by atoms with E-state index in [1.165, 1.54) is 6.07 Å². The summed E-state index contributed by atoms with van der Waals surface area (Å²) in [4.78, 5) is 2.19. The number of ether oxygens (including phenoxy) is 1. The van der Waals surface area contributed by atoms with Crippen LogP contribution in [0.15, 0.2) is 24.3 Å². The van der Waals surface area contributed by atoms with Crippen molar-refractivity contribution in [2.24, 2.45) is 0 Å². The van der Waals surface area contributed by atoms with Gasteiger partial charge in [0.25, 0.3) is 0 Å². The van der Waals surface area contributed by atoms with Crippen LogP contribution in [0.25, 0.3) is 0 Å². The molecule has 0 fully saturated rings. The van der Waals surface area contributed by atoms with Gasteiger partial charge >= 0.3 is 0 Å². The molecular formula is C14H23FN2O. The lowest BCUT2D eigenvalue weighted by Gasteiger charge is -2.21. The number of rotatable bonds is 8. The largest absolute Gasteiger partial charge is 0.383 e. The van der Waals surface area contributed by atoms with Gasteiger partial charge in [-0.2, -0.15) is 0 Å². The van der Waals surface area contributed by atoms with E-state index in [2.05, 4.69) is 10.2 Å². The molecule has 102 valence electrons. The van der Waals surface area contributed by atoms with Gasteiger partial charge in [-0.05, 0) is 33.1 Å². The first-order valence-corrected chi connectivity index (χ1v) is 6.28.